The van der Waals surface area contributed by atoms with Crippen LogP contribution in [0.4, 0.5) is 15.8 Å². The smallest absolute Gasteiger partial charge is 0.304 e. The first-order valence-electron chi connectivity index (χ1n) is 6.47. The topological polar surface area (TPSA) is 55.2 Å². The molecule has 0 amide bonds. The van der Waals surface area contributed by atoms with Gasteiger partial charge >= 0.3 is 5.69 Å². The van der Waals surface area contributed by atoms with E-state index in [2.05, 4.69) is 5.32 Å². The Balaban J connectivity index is 2.20. The van der Waals surface area contributed by atoms with Crippen LogP contribution in [-0.2, 0) is 0 Å². The minimum Gasteiger partial charge on any atom is -0.378 e. The molecule has 0 radical (unpaired) electrons. The molecular formula is C15H14ClFN2O2. The van der Waals surface area contributed by atoms with E-state index in [0.717, 1.165) is 24.1 Å². The fourth-order valence-corrected chi connectivity index (χ4v) is 2.19. The number of anilines is 1. The quantitative estimate of drug-likeness (QED) is 0.628. The molecular weight excluding hydrogens is 295 g/mol. The Hall–Kier alpha value is -2.14. The highest BCUT2D eigenvalue weighted by molar-refractivity contribution is 6.30. The van der Waals surface area contributed by atoms with Crippen molar-refractivity contribution < 1.29 is 9.31 Å². The summed E-state index contributed by atoms with van der Waals surface area (Å²) >= 11 is 5.85. The van der Waals surface area contributed by atoms with Crippen molar-refractivity contribution in [2.45, 2.75) is 19.4 Å². The Bertz CT molecular complexity index is 647. The van der Waals surface area contributed by atoms with Crippen molar-refractivity contribution in [3.63, 3.8) is 0 Å². The lowest BCUT2D eigenvalue weighted by molar-refractivity contribution is -0.387. The standard InChI is InChI=1S/C15H14ClFN2O2/c1-2-14(10-3-5-11(16)6-4-10)18-12-7-8-15(19(20)21)13(17)9-12/h3-9,14,18H,2H2,1H3. The number of halogens is 2. The van der Waals surface area contributed by atoms with Gasteiger partial charge in [-0.15, -0.1) is 0 Å². The molecule has 21 heavy (non-hydrogen) atoms. The van der Waals surface area contributed by atoms with Gasteiger partial charge in [-0.1, -0.05) is 30.7 Å². The molecule has 0 heterocycles. The molecule has 0 spiro atoms. The van der Waals surface area contributed by atoms with E-state index in [4.69, 9.17) is 11.6 Å². The van der Waals surface area contributed by atoms with Crippen molar-refractivity contribution in [2.75, 3.05) is 5.32 Å². The molecule has 2 aromatic carbocycles. The summed E-state index contributed by atoms with van der Waals surface area (Å²) in [7, 11) is 0. The van der Waals surface area contributed by atoms with Crippen molar-refractivity contribution in [3.8, 4) is 0 Å². The molecule has 6 heteroatoms. The molecule has 4 nitrogen and oxygen atoms in total. The van der Waals surface area contributed by atoms with Gasteiger partial charge in [-0.25, -0.2) is 0 Å². The van der Waals surface area contributed by atoms with E-state index in [9.17, 15) is 14.5 Å². The second-order valence-corrected chi connectivity index (χ2v) is 5.02. The van der Waals surface area contributed by atoms with Gasteiger partial charge in [0.15, 0.2) is 0 Å². The number of nitrogens with zero attached hydrogens (tertiary/aromatic N) is 1. The number of nitro benzene ring substituents is 1. The lowest BCUT2D eigenvalue weighted by Crippen LogP contribution is -2.10. The van der Waals surface area contributed by atoms with E-state index in [1.807, 2.05) is 19.1 Å². The van der Waals surface area contributed by atoms with Crippen LogP contribution in [0.25, 0.3) is 0 Å². The van der Waals surface area contributed by atoms with Crippen LogP contribution in [0, 0.1) is 15.9 Å². The molecule has 1 atom stereocenters. The first-order valence-corrected chi connectivity index (χ1v) is 6.85. The summed E-state index contributed by atoms with van der Waals surface area (Å²) in [6.45, 7) is 1.99. The van der Waals surface area contributed by atoms with E-state index in [-0.39, 0.29) is 6.04 Å². The number of hydrogen-bond acceptors (Lipinski definition) is 3. The molecule has 2 rings (SSSR count). The third kappa shape index (κ3) is 3.70. The predicted molar refractivity (Wildman–Crippen MR) is 81.2 cm³/mol. The SMILES string of the molecule is CCC(Nc1ccc([N+](=O)[O-])c(F)c1)c1ccc(Cl)cc1. The Morgan fingerprint density at radius 1 is 1.29 bits per heavy atom. The Labute approximate surface area is 126 Å². The Morgan fingerprint density at radius 2 is 1.95 bits per heavy atom. The van der Waals surface area contributed by atoms with Crippen LogP contribution < -0.4 is 5.32 Å². The van der Waals surface area contributed by atoms with Crippen molar-refractivity contribution in [2.24, 2.45) is 0 Å². The number of nitro groups is 1. The Kier molecular flexibility index (Phi) is 4.75. The highest BCUT2D eigenvalue weighted by Crippen LogP contribution is 2.26. The van der Waals surface area contributed by atoms with Crippen LogP contribution in [0.2, 0.25) is 5.02 Å². The molecule has 0 aliphatic carbocycles. The summed E-state index contributed by atoms with van der Waals surface area (Å²) in [6, 6.07) is 11.1. The van der Waals surface area contributed by atoms with Gasteiger partial charge in [-0.3, -0.25) is 10.1 Å². The fraction of sp³-hybridized carbons (Fsp3) is 0.200. The van der Waals surface area contributed by atoms with E-state index >= 15 is 0 Å². The average Bonchev–Trinajstić information content (AvgIpc) is 2.45. The predicted octanol–water partition coefficient (Wildman–Crippen LogP) is 4.95. The summed E-state index contributed by atoms with van der Waals surface area (Å²) in [6.07, 6.45) is 0.778. The molecule has 0 aliphatic rings. The minimum atomic E-state index is -0.851. The van der Waals surface area contributed by atoms with Gasteiger partial charge in [0.25, 0.3) is 0 Å². The molecule has 0 aromatic heterocycles. The summed E-state index contributed by atoms with van der Waals surface area (Å²) in [5.74, 6) is -0.851. The van der Waals surface area contributed by atoms with Crippen LogP contribution in [0.3, 0.4) is 0 Å². The molecule has 110 valence electrons. The summed E-state index contributed by atoms with van der Waals surface area (Å²) < 4.78 is 13.6. The summed E-state index contributed by atoms with van der Waals surface area (Å²) in [4.78, 5) is 9.86. The third-order valence-corrected chi connectivity index (χ3v) is 3.42. The molecule has 0 fully saturated rings. The van der Waals surface area contributed by atoms with Crippen LogP contribution in [0.5, 0.6) is 0 Å². The van der Waals surface area contributed by atoms with Gasteiger partial charge in [0.05, 0.1) is 11.0 Å². The van der Waals surface area contributed by atoms with E-state index < -0.39 is 16.4 Å². The van der Waals surface area contributed by atoms with Gasteiger partial charge in [0.1, 0.15) is 0 Å². The average molecular weight is 309 g/mol. The van der Waals surface area contributed by atoms with Gasteiger partial charge in [-0.05, 0) is 30.2 Å². The zero-order chi connectivity index (χ0) is 15.4. The second kappa shape index (κ2) is 6.54. The van der Waals surface area contributed by atoms with Gasteiger partial charge < -0.3 is 5.32 Å². The van der Waals surface area contributed by atoms with Crippen molar-refractivity contribution in [1.82, 2.24) is 0 Å². The van der Waals surface area contributed by atoms with E-state index in [0.29, 0.717) is 10.7 Å². The molecule has 1 N–H and O–H groups in total. The Morgan fingerprint density at radius 3 is 2.48 bits per heavy atom. The number of benzene rings is 2. The zero-order valence-electron chi connectivity index (χ0n) is 11.3. The molecule has 0 saturated carbocycles. The number of hydrogen-bond donors (Lipinski definition) is 1. The van der Waals surface area contributed by atoms with Gasteiger partial charge in [-0.2, -0.15) is 4.39 Å². The zero-order valence-corrected chi connectivity index (χ0v) is 12.1. The normalized spacial score (nSPS) is 12.0. The first-order chi connectivity index (χ1) is 10.0. The fourth-order valence-electron chi connectivity index (χ4n) is 2.06. The van der Waals surface area contributed by atoms with Crippen molar-refractivity contribution >= 4 is 23.0 Å². The lowest BCUT2D eigenvalue weighted by Gasteiger charge is -2.19. The maximum absolute atomic E-state index is 13.6. The first kappa shape index (κ1) is 15.3. The minimum absolute atomic E-state index is 0.0249. The molecule has 2 aromatic rings. The third-order valence-electron chi connectivity index (χ3n) is 3.17. The lowest BCUT2D eigenvalue weighted by atomic mass is 10.0. The molecule has 0 bridgehead atoms. The van der Waals surface area contributed by atoms with E-state index in [1.165, 1.54) is 6.07 Å². The van der Waals surface area contributed by atoms with Crippen molar-refractivity contribution in [1.29, 1.82) is 0 Å². The van der Waals surface area contributed by atoms with Crippen LogP contribution in [0.1, 0.15) is 24.9 Å². The highest BCUT2D eigenvalue weighted by atomic mass is 35.5. The van der Waals surface area contributed by atoms with Gasteiger partial charge in [0.2, 0.25) is 5.82 Å². The molecule has 1 unspecified atom stereocenters. The molecule has 0 aliphatic heterocycles. The maximum Gasteiger partial charge on any atom is 0.304 e. The van der Waals surface area contributed by atoms with Gasteiger partial charge in [0, 0.05) is 22.8 Å². The maximum atomic E-state index is 13.6. The molecule has 0 saturated heterocycles. The van der Waals surface area contributed by atoms with Crippen LogP contribution >= 0.6 is 11.6 Å². The number of nitrogens with one attached hydrogen (secondary N) is 1. The van der Waals surface area contributed by atoms with Crippen LogP contribution in [0.15, 0.2) is 42.5 Å². The monoisotopic (exact) mass is 308 g/mol. The summed E-state index contributed by atoms with van der Waals surface area (Å²) in [5, 5.41) is 14.4. The number of rotatable bonds is 5. The van der Waals surface area contributed by atoms with Crippen LogP contribution in [-0.4, -0.2) is 4.92 Å². The van der Waals surface area contributed by atoms with Crippen molar-refractivity contribution in [3.05, 3.63) is 69.0 Å². The summed E-state index contributed by atoms with van der Waals surface area (Å²) in [5.41, 5.74) is 0.987. The highest BCUT2D eigenvalue weighted by Gasteiger charge is 2.15. The largest absolute Gasteiger partial charge is 0.378 e. The second-order valence-electron chi connectivity index (χ2n) is 4.58. The van der Waals surface area contributed by atoms with E-state index in [1.54, 1.807) is 12.1 Å².